The van der Waals surface area contributed by atoms with Gasteiger partial charge in [0.25, 0.3) is 0 Å². The van der Waals surface area contributed by atoms with E-state index in [1.165, 1.54) is 17.7 Å². The average molecular weight is 310 g/mol. The quantitative estimate of drug-likeness (QED) is 0.759. The molecule has 23 heavy (non-hydrogen) atoms. The van der Waals surface area contributed by atoms with Crippen molar-refractivity contribution >= 4 is 0 Å². The van der Waals surface area contributed by atoms with Crippen LogP contribution in [0.4, 0.5) is 0 Å². The molecule has 0 amide bonds. The highest BCUT2D eigenvalue weighted by atomic mass is 15.5. The number of tetrazole rings is 1. The molecule has 0 aliphatic heterocycles. The Balaban J connectivity index is 1.97. The lowest BCUT2D eigenvalue weighted by Gasteiger charge is -2.12. The topological polar surface area (TPSA) is 72.3 Å². The number of imidazole rings is 1. The van der Waals surface area contributed by atoms with Crippen molar-refractivity contribution in [2.75, 3.05) is 0 Å². The van der Waals surface area contributed by atoms with Crippen molar-refractivity contribution in [3.05, 3.63) is 47.0 Å². The van der Waals surface area contributed by atoms with Crippen LogP contribution in [0.25, 0.3) is 11.4 Å². The van der Waals surface area contributed by atoms with Gasteiger partial charge < -0.3 is 4.57 Å². The Labute approximate surface area is 136 Å². The Kier molecular flexibility index (Phi) is 4.50. The SMILES string of the molecule is CCCCc1nc(C)c(C)n1Cc1ccccc1-c1nn[nH]n1. The van der Waals surface area contributed by atoms with E-state index in [1.807, 2.05) is 18.2 Å². The van der Waals surface area contributed by atoms with Crippen LogP contribution in [0.3, 0.4) is 0 Å². The summed E-state index contributed by atoms with van der Waals surface area (Å²) in [5.74, 6) is 1.79. The highest BCUT2D eigenvalue weighted by Crippen LogP contribution is 2.22. The first kappa shape index (κ1) is 15.4. The maximum atomic E-state index is 4.75. The summed E-state index contributed by atoms with van der Waals surface area (Å²) in [6, 6.07) is 8.19. The number of benzene rings is 1. The van der Waals surface area contributed by atoms with Crippen molar-refractivity contribution in [1.82, 2.24) is 30.2 Å². The van der Waals surface area contributed by atoms with Crippen LogP contribution in [0, 0.1) is 13.8 Å². The molecule has 3 rings (SSSR count). The summed E-state index contributed by atoms with van der Waals surface area (Å²) < 4.78 is 2.31. The summed E-state index contributed by atoms with van der Waals surface area (Å²) in [5, 5.41) is 14.4. The zero-order valence-corrected chi connectivity index (χ0v) is 13.9. The minimum atomic E-state index is 0.630. The van der Waals surface area contributed by atoms with Gasteiger partial charge in [-0.05, 0) is 31.0 Å². The number of nitrogens with one attached hydrogen (secondary N) is 1. The maximum Gasteiger partial charge on any atom is 0.205 e. The summed E-state index contributed by atoms with van der Waals surface area (Å²) in [6.07, 6.45) is 3.34. The molecule has 2 aromatic heterocycles. The van der Waals surface area contributed by atoms with Gasteiger partial charge in [0.05, 0.1) is 5.69 Å². The first-order valence-corrected chi connectivity index (χ1v) is 8.05. The predicted molar refractivity (Wildman–Crippen MR) is 89.0 cm³/mol. The molecule has 6 heteroatoms. The van der Waals surface area contributed by atoms with Crippen molar-refractivity contribution in [1.29, 1.82) is 0 Å². The van der Waals surface area contributed by atoms with Gasteiger partial charge in [-0.15, -0.1) is 10.2 Å². The summed E-state index contributed by atoms with van der Waals surface area (Å²) in [5.41, 5.74) is 4.51. The van der Waals surface area contributed by atoms with Gasteiger partial charge in [-0.25, -0.2) is 4.98 Å². The van der Waals surface area contributed by atoms with Gasteiger partial charge in [-0.2, -0.15) is 5.21 Å². The van der Waals surface area contributed by atoms with Crippen LogP contribution < -0.4 is 0 Å². The monoisotopic (exact) mass is 310 g/mol. The van der Waals surface area contributed by atoms with E-state index < -0.39 is 0 Å². The third-order valence-electron chi connectivity index (χ3n) is 4.22. The van der Waals surface area contributed by atoms with Crippen molar-refractivity contribution in [2.24, 2.45) is 0 Å². The molecule has 3 aromatic rings. The molecule has 0 unspecified atom stereocenters. The molecule has 2 heterocycles. The molecule has 6 nitrogen and oxygen atoms in total. The zero-order chi connectivity index (χ0) is 16.2. The Morgan fingerprint density at radius 2 is 2.00 bits per heavy atom. The van der Waals surface area contributed by atoms with E-state index >= 15 is 0 Å². The molecule has 0 saturated heterocycles. The second-order valence-corrected chi connectivity index (χ2v) is 5.78. The van der Waals surface area contributed by atoms with E-state index in [4.69, 9.17) is 4.98 Å². The molecule has 1 N–H and O–H groups in total. The van der Waals surface area contributed by atoms with Gasteiger partial charge in [0, 0.05) is 24.2 Å². The molecule has 0 atom stereocenters. The Bertz CT molecular complexity index is 772. The fourth-order valence-corrected chi connectivity index (χ4v) is 2.78. The molecule has 0 spiro atoms. The van der Waals surface area contributed by atoms with Gasteiger partial charge in [0.1, 0.15) is 5.82 Å². The Morgan fingerprint density at radius 1 is 1.17 bits per heavy atom. The highest BCUT2D eigenvalue weighted by Gasteiger charge is 2.14. The van der Waals surface area contributed by atoms with Crippen LogP contribution in [0.5, 0.6) is 0 Å². The van der Waals surface area contributed by atoms with Crippen LogP contribution >= 0.6 is 0 Å². The smallest absolute Gasteiger partial charge is 0.205 e. The summed E-state index contributed by atoms with van der Waals surface area (Å²) >= 11 is 0. The minimum Gasteiger partial charge on any atom is -0.328 e. The van der Waals surface area contributed by atoms with Gasteiger partial charge in [0.2, 0.25) is 5.82 Å². The lowest BCUT2D eigenvalue weighted by atomic mass is 10.1. The van der Waals surface area contributed by atoms with Crippen LogP contribution in [0.15, 0.2) is 24.3 Å². The fraction of sp³-hybridized carbons (Fsp3) is 0.412. The molecular weight excluding hydrogens is 288 g/mol. The third-order valence-corrected chi connectivity index (χ3v) is 4.22. The molecule has 0 bridgehead atoms. The predicted octanol–water partition coefficient (Wildman–Crippen LogP) is 3.07. The lowest BCUT2D eigenvalue weighted by Crippen LogP contribution is -2.08. The molecule has 120 valence electrons. The minimum absolute atomic E-state index is 0.630. The van der Waals surface area contributed by atoms with Crippen LogP contribution in [-0.4, -0.2) is 30.2 Å². The number of H-pyrrole nitrogens is 1. The first-order chi connectivity index (χ1) is 11.2. The van der Waals surface area contributed by atoms with Gasteiger partial charge >= 0.3 is 0 Å². The first-order valence-electron chi connectivity index (χ1n) is 8.05. The van der Waals surface area contributed by atoms with E-state index in [-0.39, 0.29) is 0 Å². The highest BCUT2D eigenvalue weighted by molar-refractivity contribution is 5.59. The van der Waals surface area contributed by atoms with Gasteiger partial charge in [0.15, 0.2) is 0 Å². The molecular formula is C17H22N6. The number of nitrogens with zero attached hydrogens (tertiary/aromatic N) is 5. The van der Waals surface area contributed by atoms with Gasteiger partial charge in [-0.1, -0.05) is 37.6 Å². The van der Waals surface area contributed by atoms with E-state index in [0.717, 1.165) is 36.5 Å². The maximum absolute atomic E-state index is 4.75. The number of rotatable bonds is 6. The number of hydrogen-bond acceptors (Lipinski definition) is 4. The lowest BCUT2D eigenvalue weighted by molar-refractivity contribution is 0.667. The Morgan fingerprint density at radius 3 is 2.74 bits per heavy atom. The van der Waals surface area contributed by atoms with Crippen molar-refractivity contribution in [3.8, 4) is 11.4 Å². The third kappa shape index (κ3) is 3.16. The zero-order valence-electron chi connectivity index (χ0n) is 13.9. The number of hydrogen-bond donors (Lipinski definition) is 1. The standard InChI is InChI=1S/C17H22N6/c1-4-5-10-16-18-12(2)13(3)23(16)11-14-8-6-7-9-15(14)17-19-21-22-20-17/h6-9H,4-5,10-11H2,1-3H3,(H,19,20,21,22). The van der Waals surface area contributed by atoms with Crippen molar-refractivity contribution in [2.45, 2.75) is 46.6 Å². The summed E-state index contributed by atoms with van der Waals surface area (Å²) in [4.78, 5) is 4.75. The molecule has 0 aliphatic rings. The number of aromatic nitrogens is 6. The summed E-state index contributed by atoms with van der Waals surface area (Å²) in [7, 11) is 0. The molecule has 0 radical (unpaired) electrons. The normalized spacial score (nSPS) is 11.1. The number of unbranched alkanes of at least 4 members (excludes halogenated alkanes) is 1. The second-order valence-electron chi connectivity index (χ2n) is 5.78. The van der Waals surface area contributed by atoms with Crippen LogP contribution in [-0.2, 0) is 13.0 Å². The summed E-state index contributed by atoms with van der Waals surface area (Å²) in [6.45, 7) is 7.19. The van der Waals surface area contributed by atoms with E-state index in [0.29, 0.717) is 5.82 Å². The fourth-order valence-electron chi connectivity index (χ4n) is 2.78. The largest absolute Gasteiger partial charge is 0.328 e. The van der Waals surface area contributed by atoms with Crippen LogP contribution in [0.2, 0.25) is 0 Å². The van der Waals surface area contributed by atoms with E-state index in [2.05, 4.69) is 52.0 Å². The Hall–Kier alpha value is -2.50. The van der Waals surface area contributed by atoms with Gasteiger partial charge in [-0.3, -0.25) is 0 Å². The van der Waals surface area contributed by atoms with Crippen molar-refractivity contribution < 1.29 is 0 Å². The molecule has 0 fully saturated rings. The van der Waals surface area contributed by atoms with E-state index in [9.17, 15) is 0 Å². The molecule has 0 aliphatic carbocycles. The number of aromatic amines is 1. The van der Waals surface area contributed by atoms with E-state index in [1.54, 1.807) is 0 Å². The molecule has 0 saturated carbocycles. The van der Waals surface area contributed by atoms with Crippen molar-refractivity contribution in [3.63, 3.8) is 0 Å². The molecule has 1 aromatic carbocycles. The number of aryl methyl sites for hydroxylation is 2. The second kappa shape index (κ2) is 6.73. The van der Waals surface area contributed by atoms with Crippen LogP contribution in [0.1, 0.15) is 42.5 Å². The average Bonchev–Trinajstić information content (AvgIpc) is 3.18.